The Morgan fingerprint density at radius 2 is 2.00 bits per heavy atom. The van der Waals surface area contributed by atoms with Crippen molar-refractivity contribution in [1.29, 1.82) is 0 Å². The second-order valence-corrected chi connectivity index (χ2v) is 8.34. The first kappa shape index (κ1) is 23.1. The second kappa shape index (κ2) is 10.6. The summed E-state index contributed by atoms with van der Waals surface area (Å²) in [6.07, 6.45) is 4.22. The van der Waals surface area contributed by atoms with E-state index in [1.807, 2.05) is 36.7 Å². The summed E-state index contributed by atoms with van der Waals surface area (Å²) in [6.45, 7) is 7.62. The molecule has 3 rings (SSSR count). The second-order valence-electron chi connectivity index (χ2n) is 8.34. The maximum Gasteiger partial charge on any atom is 0.192 e. The highest BCUT2D eigenvalue weighted by Gasteiger charge is 2.27. The molecule has 0 spiro atoms. The minimum absolute atomic E-state index is 0.0860. The number of hydrogen-bond donors (Lipinski definition) is 3. The molecule has 1 atom stereocenters. The van der Waals surface area contributed by atoms with Crippen molar-refractivity contribution in [2.45, 2.75) is 71.1 Å². The molecule has 1 aliphatic heterocycles. The number of aryl methyl sites for hydroxylation is 1. The van der Waals surface area contributed by atoms with Gasteiger partial charge >= 0.3 is 0 Å². The normalized spacial score (nSPS) is 16.5. The first-order valence-electron chi connectivity index (χ1n) is 11.3. The number of fused-ring (bicyclic) bond motifs is 1. The van der Waals surface area contributed by atoms with Crippen molar-refractivity contribution in [2.75, 3.05) is 13.2 Å². The molecule has 170 valence electrons. The highest BCUT2D eigenvalue weighted by Crippen LogP contribution is 2.31. The van der Waals surface area contributed by atoms with Crippen molar-refractivity contribution in [3.63, 3.8) is 0 Å². The fourth-order valence-electron chi connectivity index (χ4n) is 4.03. The van der Waals surface area contributed by atoms with Crippen molar-refractivity contribution < 1.29 is 9.84 Å². The standard InChI is InChI=1S/C23H36N6O2/c1-5-12-23(30,13-6-2)16-25-22(24-15-21-28-27-17(3)29(21)4)26-19-11-14-31-20-10-8-7-9-18(19)20/h7-10,19,30H,5-6,11-16H2,1-4H3,(H2,24,25,26). The lowest BCUT2D eigenvalue weighted by molar-refractivity contribution is 0.0256. The monoisotopic (exact) mass is 428 g/mol. The third kappa shape index (κ3) is 5.97. The molecule has 8 heteroatoms. The number of hydrogen-bond acceptors (Lipinski definition) is 5. The van der Waals surface area contributed by atoms with Crippen LogP contribution in [-0.4, -0.2) is 44.6 Å². The number of aliphatic imine (C=N–C) groups is 1. The zero-order valence-corrected chi connectivity index (χ0v) is 19.2. The van der Waals surface area contributed by atoms with Gasteiger partial charge in [0.2, 0.25) is 0 Å². The molecule has 1 aromatic heterocycles. The number of nitrogens with zero attached hydrogens (tertiary/aromatic N) is 4. The Bertz CT molecular complexity index is 873. The zero-order valence-electron chi connectivity index (χ0n) is 19.2. The highest BCUT2D eigenvalue weighted by atomic mass is 16.5. The fourth-order valence-corrected chi connectivity index (χ4v) is 4.03. The first-order valence-corrected chi connectivity index (χ1v) is 11.3. The SMILES string of the molecule is CCCC(O)(CCC)CNC(=NCc1nnc(C)n1C)NC1CCOc2ccccc21. The van der Waals surface area contributed by atoms with Gasteiger partial charge in [0.05, 0.1) is 18.2 Å². The number of aromatic nitrogens is 3. The third-order valence-corrected chi connectivity index (χ3v) is 5.85. The van der Waals surface area contributed by atoms with E-state index in [1.54, 1.807) is 0 Å². The summed E-state index contributed by atoms with van der Waals surface area (Å²) in [6, 6.07) is 8.18. The molecule has 0 aliphatic carbocycles. The smallest absolute Gasteiger partial charge is 0.192 e. The van der Waals surface area contributed by atoms with Crippen LogP contribution in [0.15, 0.2) is 29.3 Å². The molecular weight excluding hydrogens is 392 g/mol. The van der Waals surface area contributed by atoms with Gasteiger partial charge in [-0.1, -0.05) is 44.9 Å². The minimum atomic E-state index is -0.749. The summed E-state index contributed by atoms with van der Waals surface area (Å²) in [5, 5.41) is 26.4. The number of rotatable bonds is 9. The van der Waals surface area contributed by atoms with Crippen molar-refractivity contribution in [2.24, 2.45) is 12.0 Å². The van der Waals surface area contributed by atoms with Gasteiger partial charge < -0.3 is 25.0 Å². The van der Waals surface area contributed by atoms with Crippen LogP contribution in [0.2, 0.25) is 0 Å². The van der Waals surface area contributed by atoms with E-state index in [9.17, 15) is 5.11 Å². The van der Waals surface area contributed by atoms with Crippen LogP contribution in [0.25, 0.3) is 0 Å². The summed E-state index contributed by atoms with van der Waals surface area (Å²) in [5.74, 6) is 3.21. The van der Waals surface area contributed by atoms with Crippen molar-refractivity contribution in [1.82, 2.24) is 25.4 Å². The van der Waals surface area contributed by atoms with Crippen molar-refractivity contribution >= 4 is 5.96 Å². The summed E-state index contributed by atoms with van der Waals surface area (Å²) >= 11 is 0. The Kier molecular flexibility index (Phi) is 7.90. The van der Waals surface area contributed by atoms with Crippen LogP contribution in [0, 0.1) is 6.92 Å². The highest BCUT2D eigenvalue weighted by molar-refractivity contribution is 5.80. The number of ether oxygens (including phenoxy) is 1. The van der Waals surface area contributed by atoms with Gasteiger partial charge in [0.1, 0.15) is 18.1 Å². The molecule has 2 aromatic rings. The Hall–Kier alpha value is -2.61. The van der Waals surface area contributed by atoms with Crippen LogP contribution in [0.4, 0.5) is 0 Å². The van der Waals surface area contributed by atoms with E-state index in [-0.39, 0.29) is 6.04 Å². The van der Waals surface area contributed by atoms with Gasteiger partial charge in [-0.05, 0) is 25.8 Å². The Balaban J connectivity index is 1.79. The summed E-state index contributed by atoms with van der Waals surface area (Å²) in [4.78, 5) is 4.78. The molecule has 0 radical (unpaired) electrons. The molecule has 1 unspecified atom stereocenters. The van der Waals surface area contributed by atoms with Crippen molar-refractivity contribution in [3.8, 4) is 5.75 Å². The molecule has 8 nitrogen and oxygen atoms in total. The molecular formula is C23H36N6O2. The van der Waals surface area contributed by atoms with E-state index in [2.05, 4.69) is 40.7 Å². The molecule has 0 amide bonds. The predicted molar refractivity (Wildman–Crippen MR) is 122 cm³/mol. The van der Waals surface area contributed by atoms with E-state index in [4.69, 9.17) is 9.73 Å². The minimum Gasteiger partial charge on any atom is -0.493 e. The molecule has 0 fully saturated rings. The fraction of sp³-hybridized carbons (Fsp3) is 0.609. The lowest BCUT2D eigenvalue weighted by Crippen LogP contribution is -2.48. The average Bonchev–Trinajstić information content (AvgIpc) is 3.08. The van der Waals surface area contributed by atoms with Crippen LogP contribution in [0.5, 0.6) is 5.75 Å². The first-order chi connectivity index (χ1) is 15.0. The van der Waals surface area contributed by atoms with E-state index in [0.29, 0.717) is 25.7 Å². The topological polar surface area (TPSA) is 96.6 Å². The largest absolute Gasteiger partial charge is 0.493 e. The Morgan fingerprint density at radius 1 is 1.26 bits per heavy atom. The Morgan fingerprint density at radius 3 is 2.68 bits per heavy atom. The van der Waals surface area contributed by atoms with E-state index >= 15 is 0 Å². The molecule has 1 aliphatic rings. The summed E-state index contributed by atoms with van der Waals surface area (Å²) < 4.78 is 7.74. The zero-order chi connectivity index (χ0) is 22.3. The van der Waals surface area contributed by atoms with Gasteiger partial charge in [0, 0.05) is 25.6 Å². The lowest BCUT2D eigenvalue weighted by atomic mass is 9.93. The van der Waals surface area contributed by atoms with Crippen LogP contribution in [0.3, 0.4) is 0 Å². The summed E-state index contributed by atoms with van der Waals surface area (Å²) in [7, 11) is 1.94. The quantitative estimate of drug-likeness (QED) is 0.420. The third-order valence-electron chi connectivity index (χ3n) is 5.85. The van der Waals surface area contributed by atoms with E-state index in [0.717, 1.165) is 55.1 Å². The van der Waals surface area contributed by atoms with Gasteiger partial charge in [-0.3, -0.25) is 0 Å². The van der Waals surface area contributed by atoms with Gasteiger partial charge in [-0.25, -0.2) is 4.99 Å². The van der Waals surface area contributed by atoms with Crippen LogP contribution < -0.4 is 15.4 Å². The van der Waals surface area contributed by atoms with Gasteiger partial charge in [-0.15, -0.1) is 10.2 Å². The van der Waals surface area contributed by atoms with Gasteiger partial charge in [0.15, 0.2) is 11.8 Å². The molecule has 2 heterocycles. The number of guanidine groups is 1. The maximum atomic E-state index is 11.1. The molecule has 0 saturated heterocycles. The molecule has 0 bridgehead atoms. The van der Waals surface area contributed by atoms with E-state index in [1.165, 1.54) is 0 Å². The lowest BCUT2D eigenvalue weighted by Gasteiger charge is -2.31. The number of para-hydroxylation sites is 1. The van der Waals surface area contributed by atoms with Gasteiger partial charge in [-0.2, -0.15) is 0 Å². The Labute approximate surface area is 185 Å². The number of benzene rings is 1. The maximum absolute atomic E-state index is 11.1. The molecule has 3 N–H and O–H groups in total. The summed E-state index contributed by atoms with van der Waals surface area (Å²) in [5.41, 5.74) is 0.371. The van der Waals surface area contributed by atoms with Crippen LogP contribution in [0.1, 0.15) is 69.2 Å². The van der Waals surface area contributed by atoms with Crippen LogP contribution >= 0.6 is 0 Å². The van der Waals surface area contributed by atoms with Crippen LogP contribution in [-0.2, 0) is 13.6 Å². The molecule has 31 heavy (non-hydrogen) atoms. The number of nitrogens with one attached hydrogen (secondary N) is 2. The van der Waals surface area contributed by atoms with Gasteiger partial charge in [0.25, 0.3) is 0 Å². The number of aliphatic hydroxyl groups is 1. The molecule has 0 saturated carbocycles. The average molecular weight is 429 g/mol. The predicted octanol–water partition coefficient (Wildman–Crippen LogP) is 3.01. The van der Waals surface area contributed by atoms with Crippen molar-refractivity contribution in [3.05, 3.63) is 41.5 Å². The van der Waals surface area contributed by atoms with E-state index < -0.39 is 5.60 Å². The molecule has 1 aromatic carbocycles.